The molecule has 0 fully saturated rings. The normalized spacial score (nSPS) is 20.6. The molecule has 0 amide bonds. The van der Waals surface area contributed by atoms with Gasteiger partial charge in [-0.25, -0.2) is 0 Å². The van der Waals surface area contributed by atoms with Crippen LogP contribution in [0.25, 0.3) is 0 Å². The number of unbranched alkanes of at least 4 members (excludes halogenated alkanes) is 1. The molecule has 110 valence electrons. The molecule has 0 nitrogen and oxygen atoms in total. The Morgan fingerprint density at radius 2 is 1.80 bits per heavy atom. The number of rotatable bonds is 6. The van der Waals surface area contributed by atoms with Crippen molar-refractivity contribution in [2.75, 3.05) is 0 Å². The first kappa shape index (κ1) is 16.8. The van der Waals surface area contributed by atoms with E-state index in [-0.39, 0.29) is 0 Å². The minimum atomic E-state index is 0.482. The van der Waals surface area contributed by atoms with E-state index >= 15 is 0 Å². The molecule has 0 aliphatic heterocycles. The largest absolute Gasteiger partial charge is 0.0874 e. The van der Waals surface area contributed by atoms with Gasteiger partial charge >= 0.3 is 0 Å². The molecule has 1 unspecified atom stereocenters. The number of hydrogen-bond acceptors (Lipinski definition) is 0. The summed E-state index contributed by atoms with van der Waals surface area (Å²) in [5.41, 5.74) is 5.85. The van der Waals surface area contributed by atoms with Crippen LogP contribution in [0.2, 0.25) is 0 Å². The van der Waals surface area contributed by atoms with Gasteiger partial charge in [0.25, 0.3) is 0 Å². The topological polar surface area (TPSA) is 0 Å². The van der Waals surface area contributed by atoms with E-state index in [2.05, 4.69) is 71.1 Å². The molecular weight excluding hydrogens is 240 g/mol. The van der Waals surface area contributed by atoms with Crippen molar-refractivity contribution in [3.8, 4) is 0 Å². The van der Waals surface area contributed by atoms with Crippen molar-refractivity contribution in [3.05, 3.63) is 58.7 Å². The van der Waals surface area contributed by atoms with Crippen LogP contribution in [-0.2, 0) is 0 Å². The van der Waals surface area contributed by atoms with Gasteiger partial charge in [0.05, 0.1) is 0 Å². The van der Waals surface area contributed by atoms with Crippen molar-refractivity contribution in [2.24, 2.45) is 5.92 Å². The molecule has 0 saturated carbocycles. The lowest BCUT2D eigenvalue weighted by atomic mass is 9.87. The minimum absolute atomic E-state index is 0.482. The lowest BCUT2D eigenvalue weighted by Gasteiger charge is -2.18. The third kappa shape index (κ3) is 4.37. The van der Waals surface area contributed by atoms with Gasteiger partial charge in [-0.1, -0.05) is 70.1 Å². The zero-order valence-electron chi connectivity index (χ0n) is 13.9. The summed E-state index contributed by atoms with van der Waals surface area (Å²) in [5.74, 6) is 0.482. The van der Waals surface area contributed by atoms with Crippen LogP contribution in [0, 0.1) is 5.92 Å². The zero-order chi connectivity index (χ0) is 15.0. The zero-order valence-corrected chi connectivity index (χ0v) is 13.9. The van der Waals surface area contributed by atoms with Crippen molar-refractivity contribution >= 4 is 0 Å². The fourth-order valence-electron chi connectivity index (χ4n) is 2.79. The van der Waals surface area contributed by atoms with Crippen LogP contribution in [0.3, 0.4) is 0 Å². The summed E-state index contributed by atoms with van der Waals surface area (Å²) in [6.07, 6.45) is 18.5. The molecule has 1 aliphatic rings. The summed E-state index contributed by atoms with van der Waals surface area (Å²) >= 11 is 0. The smallest absolute Gasteiger partial charge is 0.00661 e. The third-order valence-electron chi connectivity index (χ3n) is 3.91. The van der Waals surface area contributed by atoms with Crippen LogP contribution in [-0.4, -0.2) is 0 Å². The highest BCUT2D eigenvalue weighted by Crippen LogP contribution is 2.33. The number of hydrogen-bond donors (Lipinski definition) is 0. The van der Waals surface area contributed by atoms with Crippen molar-refractivity contribution in [3.63, 3.8) is 0 Å². The van der Waals surface area contributed by atoms with Gasteiger partial charge in [0.1, 0.15) is 0 Å². The molecule has 0 aromatic rings. The maximum absolute atomic E-state index is 2.34. The standard InChI is InChI=1S/C20H30/c1-6-9-10-13-19-16(4)14-15-18(11-7-2)20(12-8-3)17(19)5/h8,10,12-15,17H,6-7,9,11H2,1-5H3. The maximum Gasteiger partial charge on any atom is 0.00661 e. The lowest BCUT2D eigenvalue weighted by molar-refractivity contribution is 0.808. The molecule has 1 aliphatic carbocycles. The fraction of sp³-hybridized carbons (Fsp3) is 0.500. The average molecular weight is 270 g/mol. The molecule has 0 radical (unpaired) electrons. The molecule has 0 heteroatoms. The molecular formula is C20H30. The van der Waals surface area contributed by atoms with Crippen LogP contribution < -0.4 is 0 Å². The summed E-state index contributed by atoms with van der Waals surface area (Å²) in [6, 6.07) is 0. The van der Waals surface area contributed by atoms with Crippen molar-refractivity contribution in [2.45, 2.75) is 60.3 Å². The molecule has 1 atom stereocenters. The van der Waals surface area contributed by atoms with Gasteiger partial charge in [0.15, 0.2) is 0 Å². The Morgan fingerprint density at radius 1 is 1.05 bits per heavy atom. The molecule has 0 N–H and O–H groups in total. The van der Waals surface area contributed by atoms with E-state index in [1.54, 1.807) is 0 Å². The number of allylic oxidation sites excluding steroid dienone is 10. The maximum atomic E-state index is 2.34. The van der Waals surface area contributed by atoms with Crippen LogP contribution in [0.5, 0.6) is 0 Å². The summed E-state index contributed by atoms with van der Waals surface area (Å²) in [4.78, 5) is 0. The van der Waals surface area contributed by atoms with E-state index in [0.29, 0.717) is 5.92 Å². The monoisotopic (exact) mass is 270 g/mol. The van der Waals surface area contributed by atoms with Crippen LogP contribution in [0.4, 0.5) is 0 Å². The highest BCUT2D eigenvalue weighted by Gasteiger charge is 2.17. The van der Waals surface area contributed by atoms with E-state index in [1.807, 2.05) is 0 Å². The highest BCUT2D eigenvalue weighted by atomic mass is 14.2. The predicted molar refractivity (Wildman–Crippen MR) is 91.8 cm³/mol. The van der Waals surface area contributed by atoms with Gasteiger partial charge in [-0.2, -0.15) is 0 Å². The minimum Gasteiger partial charge on any atom is -0.0874 e. The van der Waals surface area contributed by atoms with Gasteiger partial charge in [-0.3, -0.25) is 0 Å². The van der Waals surface area contributed by atoms with Gasteiger partial charge in [0.2, 0.25) is 0 Å². The third-order valence-corrected chi connectivity index (χ3v) is 3.91. The Balaban J connectivity index is 3.19. The van der Waals surface area contributed by atoms with E-state index in [1.165, 1.54) is 41.6 Å². The Bertz CT molecular complexity index is 452. The van der Waals surface area contributed by atoms with Gasteiger partial charge in [0, 0.05) is 5.92 Å². The van der Waals surface area contributed by atoms with Crippen molar-refractivity contribution in [1.29, 1.82) is 0 Å². The molecule has 20 heavy (non-hydrogen) atoms. The molecule has 0 aromatic carbocycles. The first-order valence-electron chi connectivity index (χ1n) is 8.06. The summed E-state index contributed by atoms with van der Waals surface area (Å²) in [7, 11) is 0. The summed E-state index contributed by atoms with van der Waals surface area (Å²) < 4.78 is 0. The lowest BCUT2D eigenvalue weighted by Crippen LogP contribution is -2.03. The Hall–Kier alpha value is -1.30. The van der Waals surface area contributed by atoms with Crippen LogP contribution in [0.15, 0.2) is 58.7 Å². The highest BCUT2D eigenvalue weighted by molar-refractivity contribution is 5.49. The molecule has 0 saturated heterocycles. The second-order valence-electron chi connectivity index (χ2n) is 5.61. The van der Waals surface area contributed by atoms with E-state index < -0.39 is 0 Å². The SMILES string of the molecule is CC=CC1=C(CCC)C=CC(C)=C(C=CCCC)C1C. The van der Waals surface area contributed by atoms with Gasteiger partial charge in [-0.05, 0) is 49.0 Å². The van der Waals surface area contributed by atoms with Crippen molar-refractivity contribution in [1.82, 2.24) is 0 Å². The molecule has 1 rings (SSSR count). The van der Waals surface area contributed by atoms with E-state index in [9.17, 15) is 0 Å². The average Bonchev–Trinajstić information content (AvgIpc) is 2.54. The molecule has 0 spiro atoms. The molecule has 0 heterocycles. The van der Waals surface area contributed by atoms with Crippen molar-refractivity contribution < 1.29 is 0 Å². The Labute approximate surface area is 125 Å². The van der Waals surface area contributed by atoms with Crippen LogP contribution >= 0.6 is 0 Å². The van der Waals surface area contributed by atoms with Crippen LogP contribution in [0.1, 0.15) is 60.3 Å². The summed E-state index contributed by atoms with van der Waals surface area (Å²) in [6.45, 7) is 11.2. The van der Waals surface area contributed by atoms with E-state index in [0.717, 1.165) is 6.42 Å². The first-order chi connectivity index (χ1) is 9.65. The van der Waals surface area contributed by atoms with E-state index in [4.69, 9.17) is 0 Å². The Morgan fingerprint density at radius 3 is 2.40 bits per heavy atom. The second-order valence-corrected chi connectivity index (χ2v) is 5.61. The van der Waals surface area contributed by atoms with Gasteiger partial charge in [-0.15, -0.1) is 0 Å². The fourth-order valence-corrected chi connectivity index (χ4v) is 2.79. The van der Waals surface area contributed by atoms with Gasteiger partial charge < -0.3 is 0 Å². The molecule has 0 bridgehead atoms. The predicted octanol–water partition coefficient (Wildman–Crippen LogP) is 6.54. The second kappa shape index (κ2) is 8.79. The summed E-state index contributed by atoms with van der Waals surface area (Å²) in [5, 5.41) is 0. The quantitative estimate of drug-likeness (QED) is 0.514. The first-order valence-corrected chi connectivity index (χ1v) is 8.06. The molecule has 0 aromatic heterocycles. The Kier molecular flexibility index (Phi) is 7.36.